The van der Waals surface area contributed by atoms with Crippen LogP contribution in [0.15, 0.2) is 12.2 Å². The van der Waals surface area contributed by atoms with Gasteiger partial charge in [-0.15, -0.1) is 0 Å². The Balaban J connectivity index is 4.09. The third-order valence-corrected chi connectivity index (χ3v) is 1.77. The van der Waals surface area contributed by atoms with E-state index < -0.39 is 0 Å². The first-order chi connectivity index (χ1) is 5.50. The Hall–Kier alpha value is -0.830. The summed E-state index contributed by atoms with van der Waals surface area (Å²) in [7, 11) is 1.77. The van der Waals surface area contributed by atoms with Gasteiger partial charge in [0.05, 0.1) is 6.17 Å². The van der Waals surface area contributed by atoms with Crippen LogP contribution in [-0.4, -0.2) is 30.6 Å². The Morgan fingerprint density at radius 1 is 1.67 bits per heavy atom. The molecule has 12 heavy (non-hydrogen) atoms. The first kappa shape index (κ1) is 11.2. The summed E-state index contributed by atoms with van der Waals surface area (Å²) in [4.78, 5) is 13.0. The maximum atomic E-state index is 11.3. The fraction of sp³-hybridized carbons (Fsp3) is 0.667. The Kier molecular flexibility index (Phi) is 4.59. The smallest absolute Gasteiger partial charge is 0.249 e. The highest BCUT2D eigenvalue weighted by atomic mass is 16.2. The highest BCUT2D eigenvalue weighted by molar-refractivity contribution is 5.92. The molecule has 0 aromatic heterocycles. The largest absolute Gasteiger partial charge is 0.327 e. The van der Waals surface area contributed by atoms with Gasteiger partial charge in [0, 0.05) is 12.6 Å². The molecular formula is C9H18N2O. The van der Waals surface area contributed by atoms with Gasteiger partial charge >= 0.3 is 0 Å². The van der Waals surface area contributed by atoms with Gasteiger partial charge in [-0.3, -0.25) is 10.1 Å². The van der Waals surface area contributed by atoms with E-state index >= 15 is 0 Å². The number of carbonyl (C=O) groups is 1. The van der Waals surface area contributed by atoms with Crippen LogP contribution in [-0.2, 0) is 4.79 Å². The van der Waals surface area contributed by atoms with Crippen LogP contribution in [0.3, 0.4) is 0 Å². The van der Waals surface area contributed by atoms with E-state index in [0.29, 0.717) is 5.57 Å². The maximum absolute atomic E-state index is 11.3. The Morgan fingerprint density at radius 3 is 2.50 bits per heavy atom. The predicted molar refractivity (Wildman–Crippen MR) is 50.7 cm³/mol. The summed E-state index contributed by atoms with van der Waals surface area (Å²) in [5.41, 5.74) is 0.572. The van der Waals surface area contributed by atoms with Gasteiger partial charge in [-0.25, -0.2) is 0 Å². The molecule has 1 N–H and O–H groups in total. The van der Waals surface area contributed by atoms with Gasteiger partial charge in [0.1, 0.15) is 0 Å². The summed E-state index contributed by atoms with van der Waals surface area (Å²) in [5, 5.41) is 3.14. The van der Waals surface area contributed by atoms with Crippen LogP contribution in [0.5, 0.6) is 0 Å². The van der Waals surface area contributed by atoms with Gasteiger partial charge in [-0.2, -0.15) is 0 Å². The summed E-state index contributed by atoms with van der Waals surface area (Å²) in [6.07, 6.45) is 0.0687. The third kappa shape index (κ3) is 3.05. The lowest BCUT2D eigenvalue weighted by molar-refractivity contribution is -0.128. The molecule has 0 saturated carbocycles. The van der Waals surface area contributed by atoms with Crippen molar-refractivity contribution in [1.29, 1.82) is 0 Å². The third-order valence-electron chi connectivity index (χ3n) is 1.77. The lowest BCUT2D eigenvalue weighted by atomic mass is 10.3. The molecular weight excluding hydrogens is 152 g/mol. The minimum absolute atomic E-state index is 0.0107. The van der Waals surface area contributed by atoms with Crippen molar-refractivity contribution in [2.75, 3.05) is 13.6 Å². The lowest BCUT2D eigenvalue weighted by Gasteiger charge is -2.25. The number of likely N-dealkylation sites (N-methyl/N-ethyl adjacent to an activating group) is 1. The van der Waals surface area contributed by atoms with Crippen molar-refractivity contribution in [3.05, 3.63) is 12.2 Å². The number of rotatable bonds is 4. The van der Waals surface area contributed by atoms with Gasteiger partial charge in [-0.1, -0.05) is 13.5 Å². The number of nitrogens with zero attached hydrogens (tertiary/aromatic N) is 1. The fourth-order valence-electron chi connectivity index (χ4n) is 0.909. The lowest BCUT2D eigenvalue weighted by Crippen LogP contribution is -2.44. The molecule has 0 rings (SSSR count). The van der Waals surface area contributed by atoms with E-state index in [-0.39, 0.29) is 12.1 Å². The molecule has 0 spiro atoms. The van der Waals surface area contributed by atoms with Gasteiger partial charge in [-0.05, 0) is 20.4 Å². The number of carbonyl (C=O) groups excluding carboxylic acids is 1. The Morgan fingerprint density at radius 2 is 2.17 bits per heavy atom. The fourth-order valence-corrected chi connectivity index (χ4v) is 0.909. The van der Waals surface area contributed by atoms with Crippen LogP contribution in [0.4, 0.5) is 0 Å². The molecule has 3 heteroatoms. The number of amides is 1. The summed E-state index contributed by atoms with van der Waals surface area (Å²) < 4.78 is 0. The van der Waals surface area contributed by atoms with Crippen molar-refractivity contribution in [2.45, 2.75) is 26.9 Å². The molecule has 1 unspecified atom stereocenters. The van der Waals surface area contributed by atoms with Crippen molar-refractivity contribution in [2.24, 2.45) is 0 Å². The van der Waals surface area contributed by atoms with E-state index in [1.165, 1.54) is 0 Å². The van der Waals surface area contributed by atoms with Gasteiger partial charge in [0.15, 0.2) is 0 Å². The van der Waals surface area contributed by atoms with E-state index in [0.717, 1.165) is 6.54 Å². The van der Waals surface area contributed by atoms with E-state index in [4.69, 9.17) is 0 Å². The summed E-state index contributed by atoms with van der Waals surface area (Å²) >= 11 is 0. The van der Waals surface area contributed by atoms with Crippen molar-refractivity contribution in [3.8, 4) is 0 Å². The molecule has 0 aliphatic rings. The van der Waals surface area contributed by atoms with Crippen LogP contribution in [0.1, 0.15) is 20.8 Å². The molecule has 0 aromatic carbocycles. The molecule has 0 aliphatic heterocycles. The molecule has 0 aliphatic carbocycles. The minimum atomic E-state index is -0.0107. The molecule has 0 radical (unpaired) electrons. The molecule has 0 heterocycles. The molecule has 0 bridgehead atoms. The molecule has 0 saturated heterocycles. The second-order valence-electron chi connectivity index (χ2n) is 2.93. The van der Waals surface area contributed by atoms with Gasteiger partial charge in [0.25, 0.3) is 0 Å². The minimum Gasteiger partial charge on any atom is -0.327 e. The van der Waals surface area contributed by atoms with Crippen molar-refractivity contribution >= 4 is 5.91 Å². The maximum Gasteiger partial charge on any atom is 0.249 e. The quantitative estimate of drug-likeness (QED) is 0.504. The highest BCUT2D eigenvalue weighted by Crippen LogP contribution is 1.98. The molecule has 1 atom stereocenters. The first-order valence-electron chi connectivity index (χ1n) is 4.16. The molecule has 0 fully saturated rings. The summed E-state index contributed by atoms with van der Waals surface area (Å²) in [6.45, 7) is 10.1. The zero-order chi connectivity index (χ0) is 9.72. The van der Waals surface area contributed by atoms with Crippen LogP contribution < -0.4 is 5.32 Å². The van der Waals surface area contributed by atoms with Crippen LogP contribution in [0, 0.1) is 0 Å². The number of hydrogen-bond donors (Lipinski definition) is 1. The standard InChI is InChI=1S/C9H18N2O/c1-6-10-8(4)11(5)9(12)7(2)3/h8,10H,2,6H2,1,3-5H3. The zero-order valence-electron chi connectivity index (χ0n) is 8.35. The molecule has 70 valence electrons. The first-order valence-corrected chi connectivity index (χ1v) is 4.16. The highest BCUT2D eigenvalue weighted by Gasteiger charge is 2.14. The van der Waals surface area contributed by atoms with Crippen molar-refractivity contribution in [1.82, 2.24) is 10.2 Å². The average molecular weight is 170 g/mol. The monoisotopic (exact) mass is 170 g/mol. The van der Waals surface area contributed by atoms with E-state index in [2.05, 4.69) is 11.9 Å². The molecule has 0 aromatic rings. The van der Waals surface area contributed by atoms with Crippen LogP contribution in [0.2, 0.25) is 0 Å². The predicted octanol–water partition coefficient (Wildman–Crippen LogP) is 0.976. The molecule has 3 nitrogen and oxygen atoms in total. The average Bonchev–Trinajstić information content (AvgIpc) is 2.02. The zero-order valence-corrected chi connectivity index (χ0v) is 8.35. The molecule has 1 amide bonds. The summed E-state index contributed by atoms with van der Waals surface area (Å²) in [6, 6.07) is 0. The van der Waals surface area contributed by atoms with Crippen molar-refractivity contribution in [3.63, 3.8) is 0 Å². The van der Waals surface area contributed by atoms with E-state index in [9.17, 15) is 4.79 Å². The topological polar surface area (TPSA) is 32.3 Å². The Labute approximate surface area is 74.4 Å². The van der Waals surface area contributed by atoms with Gasteiger partial charge in [0.2, 0.25) is 5.91 Å². The van der Waals surface area contributed by atoms with Crippen LogP contribution >= 0.6 is 0 Å². The number of hydrogen-bond acceptors (Lipinski definition) is 2. The second-order valence-corrected chi connectivity index (χ2v) is 2.93. The van der Waals surface area contributed by atoms with Gasteiger partial charge < -0.3 is 4.90 Å². The number of nitrogens with one attached hydrogen (secondary N) is 1. The Bertz CT molecular complexity index is 177. The van der Waals surface area contributed by atoms with Crippen molar-refractivity contribution < 1.29 is 4.79 Å². The normalized spacial score (nSPS) is 12.3. The van der Waals surface area contributed by atoms with Crippen LogP contribution in [0.25, 0.3) is 0 Å². The summed E-state index contributed by atoms with van der Waals surface area (Å²) in [5.74, 6) is -0.0107. The van der Waals surface area contributed by atoms with E-state index in [1.54, 1.807) is 18.9 Å². The second kappa shape index (κ2) is 4.93. The SMILES string of the molecule is C=C(C)C(=O)N(C)C(C)NCC. The van der Waals surface area contributed by atoms with E-state index in [1.807, 2.05) is 13.8 Å².